The number of nitrogens with one attached hydrogen (secondary N) is 2. The topological polar surface area (TPSA) is 81.6 Å². The summed E-state index contributed by atoms with van der Waals surface area (Å²) in [6, 6.07) is 0. The lowest BCUT2D eigenvalue weighted by Crippen LogP contribution is -2.19. The van der Waals surface area contributed by atoms with E-state index in [0.717, 1.165) is 25.9 Å². The molecule has 0 saturated carbocycles. The van der Waals surface area contributed by atoms with Crippen molar-refractivity contribution in [2.24, 2.45) is 0 Å². The largest absolute Gasteiger partial charge is 0.384 e. The van der Waals surface area contributed by atoms with Crippen LogP contribution in [0.25, 0.3) is 0 Å². The van der Waals surface area contributed by atoms with Crippen molar-refractivity contribution >= 4 is 18.2 Å². The molecule has 0 aliphatic carbocycles. The first-order valence-corrected chi connectivity index (χ1v) is 7.82. The lowest BCUT2D eigenvalue weighted by molar-refractivity contribution is 0.397. The molecule has 0 aromatic rings. The van der Waals surface area contributed by atoms with Crippen LogP contribution in [-0.4, -0.2) is 42.2 Å². The first-order valence-electron chi connectivity index (χ1n) is 4.61. The number of hydrogen-bond donors (Lipinski definition) is 4. The summed E-state index contributed by atoms with van der Waals surface area (Å²) >= 11 is 0.694. The summed E-state index contributed by atoms with van der Waals surface area (Å²) < 4.78 is 10.4. The van der Waals surface area contributed by atoms with Crippen molar-refractivity contribution in [3.05, 3.63) is 0 Å². The van der Waals surface area contributed by atoms with Crippen LogP contribution in [0.2, 0.25) is 0 Å². The molecule has 4 N–H and O–H groups in total. The highest BCUT2D eigenvalue weighted by molar-refractivity contribution is 8.54. The molecule has 0 aliphatic heterocycles. The van der Waals surface area contributed by atoms with Crippen molar-refractivity contribution in [1.82, 2.24) is 10.6 Å². The predicted molar refractivity (Wildman–Crippen MR) is 60.5 cm³/mol. The third-order valence-corrected chi connectivity index (χ3v) is 3.85. The van der Waals surface area contributed by atoms with Gasteiger partial charge >= 0.3 is 6.80 Å². The smallest absolute Gasteiger partial charge is 0.320 e. The molecule has 86 valence electrons. The van der Waals surface area contributed by atoms with Gasteiger partial charge in [-0.1, -0.05) is 0 Å². The second kappa shape index (κ2) is 8.71. The standard InChI is InChI=1S/C7H19N2O3PS/c1-8-4-2-3-5-9-6-7-14-13(10,11)12/h8-9H,2-7H2,1H3,(H2,10,11,12). The molecule has 5 nitrogen and oxygen atoms in total. The summed E-state index contributed by atoms with van der Waals surface area (Å²) in [5.41, 5.74) is 0. The molecule has 0 aliphatic rings. The van der Waals surface area contributed by atoms with Gasteiger partial charge in [-0.3, -0.25) is 0 Å². The molecule has 14 heavy (non-hydrogen) atoms. The highest BCUT2D eigenvalue weighted by Crippen LogP contribution is 2.49. The summed E-state index contributed by atoms with van der Waals surface area (Å²) in [6.07, 6.45) is 2.20. The van der Waals surface area contributed by atoms with Gasteiger partial charge in [-0.05, 0) is 44.4 Å². The molecule has 0 heterocycles. The zero-order valence-corrected chi connectivity index (χ0v) is 10.1. The van der Waals surface area contributed by atoms with Crippen LogP contribution < -0.4 is 10.6 Å². The fourth-order valence-corrected chi connectivity index (χ4v) is 2.37. The number of unbranched alkanes of at least 4 members (excludes halogenated alkanes) is 1. The molecule has 0 saturated heterocycles. The Labute approximate surface area is 89.0 Å². The maximum Gasteiger partial charge on any atom is 0.384 e. The zero-order chi connectivity index (χ0) is 10.9. The van der Waals surface area contributed by atoms with Crippen LogP contribution in [0.1, 0.15) is 12.8 Å². The summed E-state index contributed by atoms with van der Waals surface area (Å²) in [5, 5.41) is 6.18. The van der Waals surface area contributed by atoms with Crippen LogP contribution in [0.5, 0.6) is 0 Å². The third kappa shape index (κ3) is 12.4. The Morgan fingerprint density at radius 1 is 1.21 bits per heavy atom. The van der Waals surface area contributed by atoms with E-state index in [1.54, 1.807) is 0 Å². The molecule has 0 spiro atoms. The van der Waals surface area contributed by atoms with E-state index >= 15 is 0 Å². The number of hydrogen-bond acceptors (Lipinski definition) is 4. The maximum absolute atomic E-state index is 10.4. The molecular formula is C7H19N2O3PS. The van der Waals surface area contributed by atoms with E-state index in [1.807, 2.05) is 7.05 Å². The van der Waals surface area contributed by atoms with Crippen LogP contribution in [0.3, 0.4) is 0 Å². The Morgan fingerprint density at radius 2 is 1.86 bits per heavy atom. The zero-order valence-electron chi connectivity index (χ0n) is 8.40. The first kappa shape index (κ1) is 14.4. The molecule has 0 fully saturated rings. The van der Waals surface area contributed by atoms with Gasteiger partial charge < -0.3 is 20.4 Å². The monoisotopic (exact) mass is 242 g/mol. The third-order valence-electron chi connectivity index (χ3n) is 1.57. The second-order valence-electron chi connectivity index (χ2n) is 2.88. The Kier molecular flexibility index (Phi) is 8.97. The molecule has 0 rings (SSSR count). The van der Waals surface area contributed by atoms with Gasteiger partial charge in [0.15, 0.2) is 0 Å². The second-order valence-corrected chi connectivity index (χ2v) is 6.73. The molecule has 0 aromatic heterocycles. The van der Waals surface area contributed by atoms with Crippen LogP contribution >= 0.6 is 18.2 Å². The Morgan fingerprint density at radius 3 is 2.43 bits per heavy atom. The molecule has 0 bridgehead atoms. The van der Waals surface area contributed by atoms with Crippen LogP contribution in [0.15, 0.2) is 0 Å². The number of rotatable bonds is 9. The predicted octanol–water partition coefficient (Wildman–Crippen LogP) is 0.402. The van der Waals surface area contributed by atoms with E-state index in [9.17, 15) is 4.57 Å². The van der Waals surface area contributed by atoms with Gasteiger partial charge in [0.25, 0.3) is 0 Å². The normalized spacial score (nSPS) is 11.9. The van der Waals surface area contributed by atoms with Crippen molar-refractivity contribution in [3.8, 4) is 0 Å². The molecule has 0 aromatic carbocycles. The van der Waals surface area contributed by atoms with Crippen molar-refractivity contribution in [2.45, 2.75) is 12.8 Å². The minimum Gasteiger partial charge on any atom is -0.320 e. The van der Waals surface area contributed by atoms with Gasteiger partial charge in [0.2, 0.25) is 0 Å². The van der Waals surface area contributed by atoms with Gasteiger partial charge in [0.1, 0.15) is 0 Å². The van der Waals surface area contributed by atoms with Gasteiger partial charge in [0, 0.05) is 12.3 Å². The fraction of sp³-hybridized carbons (Fsp3) is 1.00. The highest BCUT2D eigenvalue weighted by atomic mass is 32.7. The van der Waals surface area contributed by atoms with E-state index in [1.165, 1.54) is 0 Å². The fourth-order valence-electron chi connectivity index (χ4n) is 0.914. The lowest BCUT2D eigenvalue weighted by Gasteiger charge is -2.05. The Bertz CT molecular complexity index is 176. The summed E-state index contributed by atoms with van der Waals surface area (Å²) in [7, 11) is 1.92. The van der Waals surface area contributed by atoms with Crippen LogP contribution in [0, 0.1) is 0 Å². The minimum absolute atomic E-state index is 0.455. The van der Waals surface area contributed by atoms with Crippen molar-refractivity contribution in [2.75, 3.05) is 32.4 Å². The Hall–Kier alpha value is 0.420. The van der Waals surface area contributed by atoms with Gasteiger partial charge in [-0.15, -0.1) is 0 Å². The van der Waals surface area contributed by atoms with Gasteiger partial charge in [-0.2, -0.15) is 0 Å². The van der Waals surface area contributed by atoms with Gasteiger partial charge in [-0.25, -0.2) is 4.57 Å². The van der Waals surface area contributed by atoms with Crippen LogP contribution in [-0.2, 0) is 4.57 Å². The molecule has 0 radical (unpaired) electrons. The average Bonchev–Trinajstić information content (AvgIpc) is 2.08. The van der Waals surface area contributed by atoms with Gasteiger partial charge in [0.05, 0.1) is 0 Å². The van der Waals surface area contributed by atoms with E-state index in [0.29, 0.717) is 23.7 Å². The molecular weight excluding hydrogens is 223 g/mol. The average molecular weight is 242 g/mol. The van der Waals surface area contributed by atoms with Crippen molar-refractivity contribution < 1.29 is 14.4 Å². The summed E-state index contributed by atoms with van der Waals surface area (Å²) in [6.45, 7) is -1.30. The van der Waals surface area contributed by atoms with Crippen molar-refractivity contribution in [3.63, 3.8) is 0 Å². The molecule has 0 amide bonds. The lowest BCUT2D eigenvalue weighted by atomic mass is 10.3. The minimum atomic E-state index is -3.87. The highest BCUT2D eigenvalue weighted by Gasteiger charge is 2.11. The van der Waals surface area contributed by atoms with E-state index in [-0.39, 0.29) is 0 Å². The van der Waals surface area contributed by atoms with Crippen molar-refractivity contribution in [1.29, 1.82) is 0 Å². The molecule has 0 atom stereocenters. The molecule has 0 unspecified atom stereocenters. The molecule has 7 heteroatoms. The van der Waals surface area contributed by atoms with E-state index in [4.69, 9.17) is 9.79 Å². The summed E-state index contributed by atoms with van der Waals surface area (Å²) in [5.74, 6) is 0.455. The van der Waals surface area contributed by atoms with E-state index in [2.05, 4.69) is 10.6 Å². The summed E-state index contributed by atoms with van der Waals surface area (Å²) in [4.78, 5) is 17.1. The Balaban J connectivity index is 3.03. The van der Waals surface area contributed by atoms with E-state index < -0.39 is 6.80 Å². The SMILES string of the molecule is CNCCCCNCCSP(=O)(O)O. The maximum atomic E-state index is 10.4. The quantitative estimate of drug-likeness (QED) is 0.346. The first-order chi connectivity index (χ1) is 6.56. The van der Waals surface area contributed by atoms with Crippen LogP contribution in [0.4, 0.5) is 0 Å².